The lowest BCUT2D eigenvalue weighted by atomic mass is 10.1. The molecular formula is C24H19ClFN5O2. The van der Waals surface area contributed by atoms with Gasteiger partial charge in [0.2, 0.25) is 12.2 Å². The first-order chi connectivity index (χ1) is 16.0. The second-order valence-corrected chi connectivity index (χ2v) is 8.64. The number of halogens is 2. The molecule has 0 saturated heterocycles. The van der Waals surface area contributed by atoms with Crippen LogP contribution in [-0.2, 0) is 0 Å². The number of anilines is 1. The van der Waals surface area contributed by atoms with E-state index in [2.05, 4.69) is 19.5 Å². The quantitative estimate of drug-likeness (QED) is 0.498. The van der Waals surface area contributed by atoms with Gasteiger partial charge in [0.1, 0.15) is 11.3 Å². The monoisotopic (exact) mass is 463 g/mol. The van der Waals surface area contributed by atoms with Crippen LogP contribution >= 0.6 is 11.6 Å². The van der Waals surface area contributed by atoms with E-state index in [9.17, 15) is 9.50 Å². The summed E-state index contributed by atoms with van der Waals surface area (Å²) in [6.45, 7) is 1.87. The highest BCUT2D eigenvalue weighted by molar-refractivity contribution is 6.30. The van der Waals surface area contributed by atoms with Gasteiger partial charge in [-0.1, -0.05) is 11.6 Å². The standard InChI is InChI=1S/C24H19ClFN5O2/c1-13-10-15(6-8-27-13)23-28-22(20(33-23)14-2-5-18(25)19(26)11-14)31-12-16-7-9-30(17-3-4-17)21(16)29-24(31)32/h2,5-12,17,24,32H,3-4H2,1H3. The first-order valence-corrected chi connectivity index (χ1v) is 11.0. The molecule has 1 N–H and O–H groups in total. The van der Waals surface area contributed by atoms with Crippen molar-refractivity contribution in [2.24, 2.45) is 4.99 Å². The molecule has 0 radical (unpaired) electrons. The summed E-state index contributed by atoms with van der Waals surface area (Å²) in [6, 6.07) is 10.4. The largest absolute Gasteiger partial charge is 0.434 e. The van der Waals surface area contributed by atoms with Gasteiger partial charge in [0, 0.05) is 46.7 Å². The van der Waals surface area contributed by atoms with E-state index in [1.807, 2.05) is 25.3 Å². The van der Waals surface area contributed by atoms with Gasteiger partial charge in [-0.3, -0.25) is 9.88 Å². The van der Waals surface area contributed by atoms with Gasteiger partial charge < -0.3 is 14.1 Å². The number of aromatic nitrogens is 3. The summed E-state index contributed by atoms with van der Waals surface area (Å²) in [5.41, 5.74) is 2.71. The summed E-state index contributed by atoms with van der Waals surface area (Å²) in [5, 5.41) is 11.8. The molecule has 9 heteroatoms. The Morgan fingerprint density at radius 3 is 2.76 bits per heavy atom. The number of nitrogens with zero attached hydrogens (tertiary/aromatic N) is 5. The van der Waals surface area contributed by atoms with Crippen LogP contribution in [0.25, 0.3) is 29.0 Å². The fourth-order valence-corrected chi connectivity index (χ4v) is 4.13. The summed E-state index contributed by atoms with van der Waals surface area (Å²) in [5.74, 6) is 0.366. The molecule has 0 amide bonds. The van der Waals surface area contributed by atoms with Crippen LogP contribution in [0.4, 0.5) is 10.2 Å². The molecule has 1 aliphatic carbocycles. The van der Waals surface area contributed by atoms with Crippen LogP contribution in [0.15, 0.2) is 58.2 Å². The van der Waals surface area contributed by atoms with Crippen molar-refractivity contribution in [2.45, 2.75) is 32.2 Å². The van der Waals surface area contributed by atoms with Crippen LogP contribution in [0.1, 0.15) is 24.6 Å². The number of aliphatic hydroxyl groups is 1. The predicted molar refractivity (Wildman–Crippen MR) is 121 cm³/mol. The summed E-state index contributed by atoms with van der Waals surface area (Å²) in [6.07, 6.45) is 6.46. The molecule has 1 aromatic carbocycles. The van der Waals surface area contributed by atoms with Gasteiger partial charge in [-0.2, -0.15) is 4.98 Å². The summed E-state index contributed by atoms with van der Waals surface area (Å²) in [7, 11) is 0. The van der Waals surface area contributed by atoms with Gasteiger partial charge in [0.05, 0.1) is 5.02 Å². The van der Waals surface area contributed by atoms with Crippen LogP contribution in [0.3, 0.4) is 0 Å². The van der Waals surface area contributed by atoms with Gasteiger partial charge in [0.25, 0.3) is 0 Å². The average Bonchev–Trinajstić information content (AvgIpc) is 3.41. The molecule has 1 atom stereocenters. The Morgan fingerprint density at radius 1 is 1.15 bits per heavy atom. The highest BCUT2D eigenvalue weighted by Crippen LogP contribution is 2.38. The van der Waals surface area contributed by atoms with Crippen molar-refractivity contribution in [3.05, 3.63) is 76.0 Å². The van der Waals surface area contributed by atoms with Crippen molar-refractivity contribution in [1.82, 2.24) is 14.5 Å². The van der Waals surface area contributed by atoms with Crippen molar-refractivity contribution < 1.29 is 13.9 Å². The summed E-state index contributed by atoms with van der Waals surface area (Å²) < 4.78 is 22.5. The number of hydrogen-bond acceptors (Lipinski definition) is 6. The maximum absolute atomic E-state index is 14.3. The molecule has 1 saturated carbocycles. The minimum atomic E-state index is -1.21. The molecule has 4 aromatic rings. The molecule has 33 heavy (non-hydrogen) atoms. The van der Waals surface area contributed by atoms with E-state index in [4.69, 9.17) is 16.0 Å². The third-order valence-electron chi connectivity index (χ3n) is 5.80. The van der Waals surface area contributed by atoms with E-state index in [1.54, 1.807) is 24.5 Å². The van der Waals surface area contributed by atoms with Crippen molar-refractivity contribution in [3.63, 3.8) is 0 Å². The first kappa shape index (κ1) is 20.1. The lowest BCUT2D eigenvalue weighted by Gasteiger charge is -2.24. The molecule has 3 aromatic heterocycles. The Morgan fingerprint density at radius 2 is 2.00 bits per heavy atom. The van der Waals surface area contributed by atoms with Crippen molar-refractivity contribution >= 4 is 23.6 Å². The molecule has 0 spiro atoms. The second kappa shape index (κ2) is 7.54. The third kappa shape index (κ3) is 3.51. The number of aryl methyl sites for hydroxylation is 1. The molecule has 166 valence electrons. The number of fused-ring (bicyclic) bond motifs is 1. The Bertz CT molecular complexity index is 1510. The molecule has 1 unspecified atom stereocenters. The van der Waals surface area contributed by atoms with E-state index in [0.717, 1.165) is 29.2 Å². The summed E-state index contributed by atoms with van der Waals surface area (Å²) >= 11 is 5.89. The van der Waals surface area contributed by atoms with Crippen LogP contribution in [0.2, 0.25) is 5.02 Å². The summed E-state index contributed by atoms with van der Waals surface area (Å²) in [4.78, 5) is 14.9. The Hall–Kier alpha value is -3.49. The lowest BCUT2D eigenvalue weighted by Crippen LogP contribution is -2.43. The van der Waals surface area contributed by atoms with E-state index in [0.29, 0.717) is 34.6 Å². The molecule has 0 bridgehead atoms. The average molecular weight is 464 g/mol. The number of oxazole rings is 1. The first-order valence-electron chi connectivity index (χ1n) is 10.6. The lowest BCUT2D eigenvalue weighted by molar-refractivity contribution is 0.184. The Balaban J connectivity index is 1.52. The molecule has 1 aliphatic heterocycles. The fraction of sp³-hybridized carbons (Fsp3) is 0.208. The molecule has 6 rings (SSSR count). The number of aliphatic hydroxyl groups excluding tert-OH is 1. The number of rotatable bonds is 4. The van der Waals surface area contributed by atoms with Gasteiger partial charge in [-0.15, -0.1) is 0 Å². The maximum atomic E-state index is 14.3. The topological polar surface area (TPSA) is 79.7 Å². The van der Waals surface area contributed by atoms with Gasteiger partial charge in [-0.05, 0) is 56.2 Å². The molecule has 1 fully saturated rings. The smallest absolute Gasteiger partial charge is 0.232 e. The number of benzene rings is 1. The van der Waals surface area contributed by atoms with Crippen molar-refractivity contribution in [2.75, 3.05) is 4.90 Å². The van der Waals surface area contributed by atoms with Gasteiger partial charge in [-0.25, -0.2) is 9.38 Å². The van der Waals surface area contributed by atoms with E-state index in [1.165, 1.54) is 17.0 Å². The zero-order chi connectivity index (χ0) is 22.7. The predicted octanol–water partition coefficient (Wildman–Crippen LogP) is 3.79. The van der Waals surface area contributed by atoms with Crippen molar-refractivity contribution in [1.29, 1.82) is 0 Å². The third-order valence-corrected chi connectivity index (χ3v) is 6.11. The van der Waals surface area contributed by atoms with Crippen LogP contribution in [0, 0.1) is 12.7 Å². The second-order valence-electron chi connectivity index (χ2n) is 8.23. The molecule has 7 nitrogen and oxygen atoms in total. The zero-order valence-electron chi connectivity index (χ0n) is 17.6. The number of hydrogen-bond donors (Lipinski definition) is 1. The fourth-order valence-electron chi connectivity index (χ4n) is 4.02. The van der Waals surface area contributed by atoms with Crippen LogP contribution < -0.4 is 15.6 Å². The van der Waals surface area contributed by atoms with Gasteiger partial charge >= 0.3 is 0 Å². The van der Waals surface area contributed by atoms with Crippen LogP contribution in [-0.4, -0.2) is 26.0 Å². The van der Waals surface area contributed by atoms with E-state index < -0.39 is 12.2 Å². The number of pyridine rings is 1. The zero-order valence-corrected chi connectivity index (χ0v) is 18.4. The Kier molecular flexibility index (Phi) is 4.60. The normalized spacial score (nSPS) is 17.5. The highest BCUT2D eigenvalue weighted by Gasteiger charge is 2.29. The van der Waals surface area contributed by atoms with Crippen LogP contribution in [0.5, 0.6) is 0 Å². The van der Waals surface area contributed by atoms with E-state index >= 15 is 0 Å². The van der Waals surface area contributed by atoms with Crippen molar-refractivity contribution in [3.8, 4) is 22.8 Å². The van der Waals surface area contributed by atoms with Gasteiger partial charge in [0.15, 0.2) is 11.6 Å². The minimum Gasteiger partial charge on any atom is -0.434 e. The molecule has 4 heterocycles. The highest BCUT2D eigenvalue weighted by atomic mass is 35.5. The maximum Gasteiger partial charge on any atom is 0.232 e. The SMILES string of the molecule is Cc1cc(-c2nc(N3C=c4ccn(C5CC5)c4=NC3O)c(-c3ccc(Cl)c(F)c3)o2)ccn1. The van der Waals surface area contributed by atoms with E-state index in [-0.39, 0.29) is 5.02 Å². The molecular weight excluding hydrogens is 445 g/mol. The Labute approximate surface area is 193 Å². The molecule has 2 aliphatic rings. The minimum absolute atomic E-state index is 0.00965.